The van der Waals surface area contributed by atoms with Crippen LogP contribution in [0.4, 0.5) is 0 Å². The summed E-state index contributed by atoms with van der Waals surface area (Å²) in [7, 11) is 0. The van der Waals surface area contributed by atoms with Crippen LogP contribution in [-0.2, 0) is 25.6 Å². The van der Waals surface area contributed by atoms with E-state index in [0.29, 0.717) is 70.1 Å². The lowest BCUT2D eigenvalue weighted by Crippen LogP contribution is -2.57. The number of carboxylic acids is 1. The predicted molar refractivity (Wildman–Crippen MR) is 152 cm³/mol. The molecule has 0 saturated carbocycles. The molecule has 0 aliphatic heterocycles. The van der Waals surface area contributed by atoms with Crippen molar-refractivity contribution in [3.63, 3.8) is 0 Å². The molecule has 0 aliphatic carbocycles. The maximum atomic E-state index is 13.4. The van der Waals surface area contributed by atoms with Gasteiger partial charge >= 0.3 is 5.97 Å². The number of amides is 3. The van der Waals surface area contributed by atoms with Crippen molar-refractivity contribution in [2.24, 2.45) is 22.9 Å². The number of hydrogen-bond acceptors (Lipinski definition) is 9. The van der Waals surface area contributed by atoms with Crippen molar-refractivity contribution < 1.29 is 29.4 Å². The minimum Gasteiger partial charge on any atom is -0.508 e. The first-order valence-corrected chi connectivity index (χ1v) is 13.9. The molecule has 1 rings (SSSR count). The van der Waals surface area contributed by atoms with E-state index in [4.69, 9.17) is 22.9 Å². The number of unbranched alkanes of at least 4 members (excludes halogenated alkanes) is 3. The van der Waals surface area contributed by atoms with Crippen LogP contribution in [0, 0.1) is 0 Å². The fourth-order valence-corrected chi connectivity index (χ4v) is 4.05. The van der Waals surface area contributed by atoms with Gasteiger partial charge in [-0.3, -0.25) is 14.4 Å². The first-order valence-electron chi connectivity index (χ1n) is 13.9. The molecule has 13 N–H and O–H groups in total. The average Bonchev–Trinajstić information content (AvgIpc) is 2.92. The number of phenolic OH excluding ortho intramolecular Hbond substituents is 1. The number of benzene rings is 1. The Bertz CT molecular complexity index is 915. The molecule has 13 nitrogen and oxygen atoms in total. The molecular weight excluding hydrogens is 518 g/mol. The van der Waals surface area contributed by atoms with Crippen LogP contribution in [0.2, 0.25) is 0 Å². The van der Waals surface area contributed by atoms with Crippen LogP contribution < -0.4 is 38.9 Å². The summed E-state index contributed by atoms with van der Waals surface area (Å²) in [4.78, 5) is 51.1. The van der Waals surface area contributed by atoms with Gasteiger partial charge in [-0.05, 0) is 88.7 Å². The Morgan fingerprint density at radius 3 is 1.62 bits per heavy atom. The first kappa shape index (κ1) is 34.8. The molecule has 0 bridgehead atoms. The highest BCUT2D eigenvalue weighted by Crippen LogP contribution is 2.13. The smallest absolute Gasteiger partial charge is 0.326 e. The van der Waals surface area contributed by atoms with E-state index in [1.54, 1.807) is 12.1 Å². The van der Waals surface area contributed by atoms with Crippen LogP contribution in [0.1, 0.15) is 63.4 Å². The topological polar surface area (TPSA) is 249 Å². The van der Waals surface area contributed by atoms with E-state index in [2.05, 4.69) is 16.0 Å². The van der Waals surface area contributed by atoms with Crippen molar-refractivity contribution in [2.75, 3.05) is 19.6 Å². The van der Waals surface area contributed by atoms with Gasteiger partial charge in [0.1, 0.15) is 23.9 Å². The van der Waals surface area contributed by atoms with Crippen LogP contribution in [0.3, 0.4) is 0 Å². The zero-order valence-corrected chi connectivity index (χ0v) is 23.1. The molecule has 0 aromatic heterocycles. The number of rotatable bonds is 21. The first-order chi connectivity index (χ1) is 19.1. The molecule has 0 saturated heterocycles. The minimum absolute atomic E-state index is 0.0480. The monoisotopic (exact) mass is 565 g/mol. The number of nitrogens with one attached hydrogen (secondary N) is 3. The van der Waals surface area contributed by atoms with Crippen molar-refractivity contribution in [2.45, 2.75) is 88.4 Å². The van der Waals surface area contributed by atoms with Crippen molar-refractivity contribution in [1.82, 2.24) is 16.0 Å². The molecule has 1 aromatic carbocycles. The summed E-state index contributed by atoms with van der Waals surface area (Å²) in [6.45, 7) is 1.27. The summed E-state index contributed by atoms with van der Waals surface area (Å²) >= 11 is 0. The van der Waals surface area contributed by atoms with Crippen molar-refractivity contribution in [1.29, 1.82) is 0 Å². The number of aromatic hydroxyl groups is 1. The molecule has 0 radical (unpaired) electrons. The zero-order valence-electron chi connectivity index (χ0n) is 23.1. The number of hydrogen-bond donors (Lipinski definition) is 9. The molecule has 1 aromatic rings. The Morgan fingerprint density at radius 2 is 1.10 bits per heavy atom. The van der Waals surface area contributed by atoms with Gasteiger partial charge in [0.25, 0.3) is 0 Å². The van der Waals surface area contributed by atoms with Crippen LogP contribution in [-0.4, -0.2) is 77.7 Å². The average molecular weight is 566 g/mol. The van der Waals surface area contributed by atoms with Gasteiger partial charge in [0.15, 0.2) is 0 Å². The zero-order chi connectivity index (χ0) is 29.9. The normalized spacial score (nSPS) is 14.0. The molecule has 3 amide bonds. The van der Waals surface area contributed by atoms with E-state index in [1.807, 2.05) is 0 Å². The van der Waals surface area contributed by atoms with Crippen LogP contribution >= 0.6 is 0 Å². The lowest BCUT2D eigenvalue weighted by molar-refractivity contribution is -0.142. The van der Waals surface area contributed by atoms with E-state index in [0.717, 1.165) is 0 Å². The van der Waals surface area contributed by atoms with Gasteiger partial charge in [0.2, 0.25) is 17.7 Å². The Morgan fingerprint density at radius 1 is 0.650 bits per heavy atom. The summed E-state index contributed by atoms with van der Waals surface area (Å²) < 4.78 is 0. The van der Waals surface area contributed by atoms with Gasteiger partial charge in [-0.15, -0.1) is 0 Å². The quantitative estimate of drug-likeness (QED) is 0.0838. The van der Waals surface area contributed by atoms with Crippen molar-refractivity contribution >= 4 is 23.7 Å². The molecule has 40 heavy (non-hydrogen) atoms. The summed E-state index contributed by atoms with van der Waals surface area (Å²) in [5.74, 6) is -2.92. The van der Waals surface area contributed by atoms with E-state index in [-0.39, 0.29) is 25.0 Å². The third-order valence-corrected chi connectivity index (χ3v) is 6.46. The van der Waals surface area contributed by atoms with Gasteiger partial charge in [-0.25, -0.2) is 4.79 Å². The maximum Gasteiger partial charge on any atom is 0.326 e. The maximum absolute atomic E-state index is 13.4. The number of aliphatic carboxylic acids is 1. The standard InChI is InChI=1S/C27H47N7O6/c28-14-4-1-7-20(31)24(36)34-23(17-18-10-12-19(35)13-11-18)26(38)32-21(8-2-5-15-29)25(37)33-22(27(39)40)9-3-6-16-30/h10-13,20-23,35H,1-9,14-17,28-31H2,(H,32,38)(H,33,37)(H,34,36)(H,39,40). The van der Waals surface area contributed by atoms with Crippen LogP contribution in [0.15, 0.2) is 24.3 Å². The molecule has 4 atom stereocenters. The van der Waals surface area contributed by atoms with Gasteiger partial charge in [0, 0.05) is 6.42 Å². The Labute approximate surface area is 235 Å². The van der Waals surface area contributed by atoms with Gasteiger partial charge in [-0.1, -0.05) is 18.6 Å². The Hall–Kier alpha value is -3.26. The van der Waals surface area contributed by atoms with Gasteiger partial charge < -0.3 is 49.1 Å². The lowest BCUT2D eigenvalue weighted by atomic mass is 10.0. The molecule has 0 fully saturated rings. The van der Waals surface area contributed by atoms with E-state index in [1.165, 1.54) is 12.1 Å². The van der Waals surface area contributed by atoms with Crippen LogP contribution in [0.5, 0.6) is 5.75 Å². The minimum atomic E-state index is -1.18. The summed E-state index contributed by atoms with van der Waals surface area (Å²) in [6, 6.07) is 2.05. The molecule has 0 spiro atoms. The number of phenols is 1. The third kappa shape index (κ3) is 13.7. The molecule has 226 valence electrons. The second kappa shape index (κ2) is 19.7. The van der Waals surface area contributed by atoms with Crippen molar-refractivity contribution in [3.05, 3.63) is 29.8 Å². The fourth-order valence-electron chi connectivity index (χ4n) is 4.05. The summed E-state index contributed by atoms with van der Waals surface area (Å²) in [5.41, 5.74) is 23.3. The van der Waals surface area contributed by atoms with Gasteiger partial charge in [0.05, 0.1) is 6.04 Å². The number of carbonyl (C=O) groups excluding carboxylic acids is 3. The third-order valence-electron chi connectivity index (χ3n) is 6.46. The molecule has 13 heteroatoms. The van der Waals surface area contributed by atoms with E-state index >= 15 is 0 Å². The number of carbonyl (C=O) groups is 4. The molecule has 0 heterocycles. The largest absolute Gasteiger partial charge is 0.508 e. The Balaban J connectivity index is 3.08. The van der Waals surface area contributed by atoms with Gasteiger partial charge in [-0.2, -0.15) is 0 Å². The summed E-state index contributed by atoms with van der Waals surface area (Å²) in [5, 5.41) is 27.1. The Kier molecular flexibility index (Phi) is 17.2. The second-order valence-electron chi connectivity index (χ2n) is 9.85. The molecule has 4 unspecified atom stereocenters. The predicted octanol–water partition coefficient (Wildman–Crippen LogP) is -0.812. The highest BCUT2D eigenvalue weighted by Gasteiger charge is 2.30. The summed E-state index contributed by atoms with van der Waals surface area (Å²) in [6.07, 6.45) is 4.49. The van der Waals surface area contributed by atoms with E-state index in [9.17, 15) is 29.4 Å². The van der Waals surface area contributed by atoms with Crippen molar-refractivity contribution in [3.8, 4) is 5.75 Å². The number of carboxylic acid groups (broad SMARTS) is 1. The fraction of sp³-hybridized carbons (Fsp3) is 0.630. The number of nitrogens with two attached hydrogens (primary N) is 4. The van der Waals surface area contributed by atoms with E-state index < -0.39 is 47.9 Å². The molecular formula is C27H47N7O6. The highest BCUT2D eigenvalue weighted by molar-refractivity contribution is 5.94. The SMILES string of the molecule is NCCCCC(N)C(=O)NC(Cc1ccc(O)cc1)C(=O)NC(CCCCN)C(=O)NC(CCCCN)C(=O)O. The lowest BCUT2D eigenvalue weighted by Gasteiger charge is -2.25. The van der Waals surface area contributed by atoms with Crippen LogP contribution in [0.25, 0.3) is 0 Å². The molecule has 0 aliphatic rings. The second-order valence-corrected chi connectivity index (χ2v) is 9.85. The highest BCUT2D eigenvalue weighted by atomic mass is 16.4.